The quantitative estimate of drug-likeness (QED) is 0.916. The molecule has 3 heteroatoms. The molecule has 1 aromatic rings. The molecule has 1 N–H and O–H groups in total. The number of benzene rings is 1. The monoisotopic (exact) mass is 283 g/mol. The second kappa shape index (κ2) is 5.80. The highest BCUT2D eigenvalue weighted by molar-refractivity contribution is 9.10. The number of ether oxygens (including phenoxy) is 1. The standard InChI is InChI=1S/C13H18BrNO/c1-10(11-4-2-5-12(14)8-11)15-9-13-6-3-7-16-13/h2,4-5,8,10,13,15H,3,6-7,9H2,1H3. The highest BCUT2D eigenvalue weighted by Gasteiger charge is 2.16. The molecule has 0 saturated carbocycles. The van der Waals surface area contributed by atoms with Gasteiger partial charge in [0.1, 0.15) is 0 Å². The molecule has 1 fully saturated rings. The van der Waals surface area contributed by atoms with Gasteiger partial charge in [-0.05, 0) is 37.5 Å². The van der Waals surface area contributed by atoms with Crippen LogP contribution in [0.1, 0.15) is 31.4 Å². The Labute approximate surface area is 106 Å². The van der Waals surface area contributed by atoms with Gasteiger partial charge in [-0.25, -0.2) is 0 Å². The smallest absolute Gasteiger partial charge is 0.0700 e. The Hall–Kier alpha value is -0.380. The van der Waals surface area contributed by atoms with Crippen LogP contribution in [-0.4, -0.2) is 19.3 Å². The fourth-order valence-corrected chi connectivity index (χ4v) is 2.42. The van der Waals surface area contributed by atoms with E-state index in [-0.39, 0.29) is 0 Å². The molecule has 1 saturated heterocycles. The topological polar surface area (TPSA) is 21.3 Å². The average Bonchev–Trinajstić information content (AvgIpc) is 2.78. The summed E-state index contributed by atoms with van der Waals surface area (Å²) in [5, 5.41) is 3.52. The van der Waals surface area contributed by atoms with Gasteiger partial charge in [-0.15, -0.1) is 0 Å². The molecule has 0 spiro atoms. The van der Waals surface area contributed by atoms with Crippen LogP contribution >= 0.6 is 15.9 Å². The molecule has 2 unspecified atom stereocenters. The van der Waals surface area contributed by atoms with Crippen LogP contribution in [-0.2, 0) is 4.74 Å². The van der Waals surface area contributed by atoms with Gasteiger partial charge in [-0.2, -0.15) is 0 Å². The zero-order valence-corrected chi connectivity index (χ0v) is 11.2. The van der Waals surface area contributed by atoms with Gasteiger partial charge in [-0.1, -0.05) is 28.1 Å². The minimum absolute atomic E-state index is 0.377. The molecular weight excluding hydrogens is 266 g/mol. The summed E-state index contributed by atoms with van der Waals surface area (Å²) in [4.78, 5) is 0. The predicted octanol–water partition coefficient (Wildman–Crippen LogP) is 3.28. The Morgan fingerprint density at radius 3 is 3.12 bits per heavy atom. The van der Waals surface area contributed by atoms with Crippen molar-refractivity contribution >= 4 is 15.9 Å². The van der Waals surface area contributed by atoms with Crippen molar-refractivity contribution in [3.63, 3.8) is 0 Å². The summed E-state index contributed by atoms with van der Waals surface area (Å²) in [7, 11) is 0. The lowest BCUT2D eigenvalue weighted by molar-refractivity contribution is 0.108. The molecule has 2 atom stereocenters. The van der Waals surface area contributed by atoms with E-state index in [0.717, 1.165) is 17.6 Å². The molecule has 0 bridgehead atoms. The first-order valence-corrected chi connectivity index (χ1v) is 6.65. The summed E-state index contributed by atoms with van der Waals surface area (Å²) in [6, 6.07) is 8.81. The number of nitrogens with one attached hydrogen (secondary N) is 1. The first-order valence-electron chi connectivity index (χ1n) is 5.86. The molecule has 16 heavy (non-hydrogen) atoms. The molecule has 0 aliphatic carbocycles. The van der Waals surface area contributed by atoms with E-state index in [0.29, 0.717) is 12.1 Å². The highest BCUT2D eigenvalue weighted by Crippen LogP contribution is 2.18. The molecule has 1 aliphatic rings. The Kier molecular flexibility index (Phi) is 4.38. The van der Waals surface area contributed by atoms with E-state index in [2.05, 4.69) is 52.4 Å². The highest BCUT2D eigenvalue weighted by atomic mass is 79.9. The number of halogens is 1. The van der Waals surface area contributed by atoms with Gasteiger partial charge in [0.05, 0.1) is 6.10 Å². The maximum Gasteiger partial charge on any atom is 0.0700 e. The predicted molar refractivity (Wildman–Crippen MR) is 69.5 cm³/mol. The lowest BCUT2D eigenvalue weighted by Crippen LogP contribution is -2.28. The fraction of sp³-hybridized carbons (Fsp3) is 0.538. The van der Waals surface area contributed by atoms with Crippen LogP contribution in [0, 0.1) is 0 Å². The molecule has 88 valence electrons. The first-order chi connectivity index (χ1) is 7.75. The lowest BCUT2D eigenvalue weighted by Gasteiger charge is -2.17. The van der Waals surface area contributed by atoms with E-state index in [9.17, 15) is 0 Å². The van der Waals surface area contributed by atoms with E-state index in [1.807, 2.05) is 0 Å². The van der Waals surface area contributed by atoms with Gasteiger partial charge >= 0.3 is 0 Å². The van der Waals surface area contributed by atoms with Crippen LogP contribution in [0.5, 0.6) is 0 Å². The third-order valence-electron chi connectivity index (χ3n) is 3.02. The molecule has 2 rings (SSSR count). The average molecular weight is 284 g/mol. The molecule has 1 aromatic carbocycles. The minimum atomic E-state index is 0.377. The third-order valence-corrected chi connectivity index (χ3v) is 3.52. The zero-order chi connectivity index (χ0) is 11.4. The Morgan fingerprint density at radius 2 is 2.44 bits per heavy atom. The fourth-order valence-electron chi connectivity index (χ4n) is 2.01. The van der Waals surface area contributed by atoms with Gasteiger partial charge in [-0.3, -0.25) is 0 Å². The van der Waals surface area contributed by atoms with Crippen LogP contribution < -0.4 is 5.32 Å². The van der Waals surface area contributed by atoms with Crippen LogP contribution in [0.25, 0.3) is 0 Å². The van der Waals surface area contributed by atoms with E-state index in [1.54, 1.807) is 0 Å². The van der Waals surface area contributed by atoms with Gasteiger partial charge in [0.2, 0.25) is 0 Å². The minimum Gasteiger partial charge on any atom is -0.377 e. The lowest BCUT2D eigenvalue weighted by atomic mass is 10.1. The second-order valence-corrected chi connectivity index (χ2v) is 5.24. The van der Waals surface area contributed by atoms with E-state index in [4.69, 9.17) is 4.74 Å². The van der Waals surface area contributed by atoms with Gasteiger partial charge in [0.25, 0.3) is 0 Å². The zero-order valence-electron chi connectivity index (χ0n) is 9.58. The first kappa shape index (κ1) is 12.1. The van der Waals surface area contributed by atoms with Crippen molar-refractivity contribution < 1.29 is 4.74 Å². The summed E-state index contributed by atoms with van der Waals surface area (Å²) in [5.41, 5.74) is 1.31. The summed E-state index contributed by atoms with van der Waals surface area (Å²) < 4.78 is 6.73. The van der Waals surface area contributed by atoms with E-state index in [1.165, 1.54) is 18.4 Å². The van der Waals surface area contributed by atoms with Gasteiger partial charge < -0.3 is 10.1 Å². The maximum absolute atomic E-state index is 5.59. The molecule has 0 aromatic heterocycles. The summed E-state index contributed by atoms with van der Waals surface area (Å²) >= 11 is 3.50. The molecular formula is C13H18BrNO. The third kappa shape index (κ3) is 3.30. The van der Waals surface area contributed by atoms with Crippen molar-refractivity contribution in [2.45, 2.75) is 31.9 Å². The number of hydrogen-bond acceptors (Lipinski definition) is 2. The molecule has 0 amide bonds. The van der Waals surface area contributed by atoms with Crippen molar-refractivity contribution in [3.8, 4) is 0 Å². The molecule has 2 nitrogen and oxygen atoms in total. The maximum atomic E-state index is 5.59. The van der Waals surface area contributed by atoms with Crippen LogP contribution in [0.2, 0.25) is 0 Å². The van der Waals surface area contributed by atoms with Gasteiger partial charge in [0.15, 0.2) is 0 Å². The van der Waals surface area contributed by atoms with E-state index >= 15 is 0 Å². The number of hydrogen-bond donors (Lipinski definition) is 1. The normalized spacial score (nSPS) is 22.2. The van der Waals surface area contributed by atoms with E-state index < -0.39 is 0 Å². The van der Waals surface area contributed by atoms with Crippen LogP contribution in [0.15, 0.2) is 28.7 Å². The molecule has 0 radical (unpaired) electrons. The SMILES string of the molecule is CC(NCC1CCCO1)c1cccc(Br)c1. The van der Waals surface area contributed by atoms with Crippen LogP contribution in [0.3, 0.4) is 0 Å². The Bertz CT molecular complexity index is 336. The summed E-state index contributed by atoms with van der Waals surface area (Å²) in [6.07, 6.45) is 2.81. The largest absolute Gasteiger partial charge is 0.377 e. The van der Waals surface area contributed by atoms with Crippen molar-refractivity contribution in [1.29, 1.82) is 0 Å². The Morgan fingerprint density at radius 1 is 1.56 bits per heavy atom. The van der Waals surface area contributed by atoms with Crippen LogP contribution in [0.4, 0.5) is 0 Å². The molecule has 1 heterocycles. The second-order valence-electron chi connectivity index (χ2n) is 4.32. The molecule has 1 aliphatic heterocycles. The summed E-state index contributed by atoms with van der Waals surface area (Å²) in [6.45, 7) is 4.07. The van der Waals surface area contributed by atoms with Crippen molar-refractivity contribution in [1.82, 2.24) is 5.32 Å². The van der Waals surface area contributed by atoms with Crippen molar-refractivity contribution in [3.05, 3.63) is 34.3 Å². The number of rotatable bonds is 4. The Balaban J connectivity index is 1.85. The van der Waals surface area contributed by atoms with Crippen molar-refractivity contribution in [2.75, 3.05) is 13.2 Å². The summed E-state index contributed by atoms with van der Waals surface area (Å²) in [5.74, 6) is 0. The van der Waals surface area contributed by atoms with Gasteiger partial charge in [0, 0.05) is 23.7 Å². The van der Waals surface area contributed by atoms with Crippen molar-refractivity contribution in [2.24, 2.45) is 0 Å².